The number of aryl methyl sites for hydroxylation is 1. The number of amides is 1. The Bertz CT molecular complexity index is 1120. The van der Waals surface area contributed by atoms with Crippen LogP contribution in [-0.2, 0) is 7.05 Å². The number of hydrogen-bond donors (Lipinski definition) is 2. The third kappa shape index (κ3) is 3.30. The van der Waals surface area contributed by atoms with Crippen molar-refractivity contribution in [2.75, 3.05) is 5.32 Å². The molecule has 0 aliphatic rings. The number of nitrogens with zero attached hydrogens (tertiary/aromatic N) is 3. The molecule has 0 atom stereocenters. The molecule has 0 saturated heterocycles. The first-order chi connectivity index (χ1) is 13.1. The second kappa shape index (κ2) is 6.80. The van der Waals surface area contributed by atoms with Crippen molar-refractivity contribution in [3.05, 3.63) is 67.1 Å². The zero-order chi connectivity index (χ0) is 18.8. The van der Waals surface area contributed by atoms with E-state index in [0.29, 0.717) is 17.2 Å². The van der Waals surface area contributed by atoms with E-state index in [4.69, 9.17) is 9.84 Å². The molecular weight excluding hydrogens is 344 g/mol. The van der Waals surface area contributed by atoms with Crippen molar-refractivity contribution in [1.82, 2.24) is 14.5 Å². The van der Waals surface area contributed by atoms with Crippen molar-refractivity contribution in [3.63, 3.8) is 0 Å². The molecule has 0 aliphatic carbocycles. The summed E-state index contributed by atoms with van der Waals surface area (Å²) >= 11 is 0. The quantitative estimate of drug-likeness (QED) is 0.559. The number of hydrogen-bond acceptors (Lipinski definition) is 4. The molecule has 7 nitrogen and oxygen atoms in total. The third-order valence-electron chi connectivity index (χ3n) is 4.14. The molecule has 2 heterocycles. The molecule has 1 amide bonds. The lowest BCUT2D eigenvalue weighted by atomic mass is 10.1. The molecule has 7 heteroatoms. The first kappa shape index (κ1) is 16.6. The molecule has 2 N–H and O–H groups in total. The van der Waals surface area contributed by atoms with Gasteiger partial charge in [-0.25, -0.2) is 14.8 Å². The maximum Gasteiger partial charge on any atom is 0.409 e. The number of fused-ring (bicyclic) bond motifs is 1. The van der Waals surface area contributed by atoms with E-state index in [0.717, 1.165) is 22.3 Å². The van der Waals surface area contributed by atoms with Gasteiger partial charge in [-0.2, -0.15) is 0 Å². The van der Waals surface area contributed by atoms with E-state index < -0.39 is 6.09 Å². The SMILES string of the molecule is Cn1ccc2c(-c3ccccc3Oc3ccc(NC(=O)O)cc3)ncnc21. The fraction of sp³-hybridized carbons (Fsp3) is 0.0500. The van der Waals surface area contributed by atoms with E-state index >= 15 is 0 Å². The molecule has 0 aliphatic heterocycles. The van der Waals surface area contributed by atoms with E-state index in [9.17, 15) is 4.79 Å². The summed E-state index contributed by atoms with van der Waals surface area (Å²) in [7, 11) is 1.94. The molecule has 0 saturated carbocycles. The largest absolute Gasteiger partial charge is 0.465 e. The van der Waals surface area contributed by atoms with Crippen LogP contribution < -0.4 is 10.1 Å². The fourth-order valence-corrected chi connectivity index (χ4v) is 2.90. The van der Waals surface area contributed by atoms with Gasteiger partial charge in [0.25, 0.3) is 0 Å². The second-order valence-electron chi connectivity index (χ2n) is 5.94. The summed E-state index contributed by atoms with van der Waals surface area (Å²) in [5, 5.41) is 12.0. The van der Waals surface area contributed by atoms with E-state index in [2.05, 4.69) is 15.3 Å². The Hall–Kier alpha value is -3.87. The van der Waals surface area contributed by atoms with Gasteiger partial charge in [-0.3, -0.25) is 5.32 Å². The van der Waals surface area contributed by atoms with Crippen LogP contribution in [0.3, 0.4) is 0 Å². The van der Waals surface area contributed by atoms with Gasteiger partial charge in [0, 0.05) is 29.9 Å². The summed E-state index contributed by atoms with van der Waals surface area (Å²) in [6, 6.07) is 16.3. The average molecular weight is 360 g/mol. The highest BCUT2D eigenvalue weighted by Gasteiger charge is 2.13. The summed E-state index contributed by atoms with van der Waals surface area (Å²) in [6.45, 7) is 0. The minimum atomic E-state index is -1.11. The topological polar surface area (TPSA) is 89.3 Å². The highest BCUT2D eigenvalue weighted by Crippen LogP contribution is 2.35. The number of ether oxygens (including phenoxy) is 1. The normalized spacial score (nSPS) is 10.7. The Labute approximate surface area is 154 Å². The van der Waals surface area contributed by atoms with Gasteiger partial charge in [0.1, 0.15) is 23.5 Å². The standard InChI is InChI=1S/C20H16N4O3/c1-24-11-10-16-18(21-12-22-19(16)24)15-4-2-3-5-17(15)27-14-8-6-13(7-9-14)23-20(25)26/h2-12,23H,1H3,(H,25,26). The van der Waals surface area contributed by atoms with Gasteiger partial charge in [0.15, 0.2) is 0 Å². The smallest absolute Gasteiger partial charge is 0.409 e. The highest BCUT2D eigenvalue weighted by molar-refractivity contribution is 5.92. The molecule has 0 spiro atoms. The van der Waals surface area contributed by atoms with Crippen molar-refractivity contribution in [3.8, 4) is 22.8 Å². The van der Waals surface area contributed by atoms with E-state index in [1.165, 1.54) is 0 Å². The molecule has 134 valence electrons. The van der Waals surface area contributed by atoms with Crippen molar-refractivity contribution < 1.29 is 14.6 Å². The Morgan fingerprint density at radius 2 is 1.85 bits per heavy atom. The van der Waals surface area contributed by atoms with E-state index in [1.54, 1.807) is 30.6 Å². The number of nitrogens with one attached hydrogen (secondary N) is 1. The summed E-state index contributed by atoms with van der Waals surface area (Å²) in [5.41, 5.74) is 2.97. The summed E-state index contributed by atoms with van der Waals surface area (Å²) < 4.78 is 7.98. The lowest BCUT2D eigenvalue weighted by Gasteiger charge is -2.12. The summed E-state index contributed by atoms with van der Waals surface area (Å²) in [4.78, 5) is 19.5. The predicted molar refractivity (Wildman–Crippen MR) is 102 cm³/mol. The molecule has 0 fully saturated rings. The fourth-order valence-electron chi connectivity index (χ4n) is 2.90. The van der Waals surface area contributed by atoms with Crippen LogP contribution in [0.5, 0.6) is 11.5 Å². The molecule has 0 bridgehead atoms. The number of benzene rings is 2. The molecule has 2 aromatic heterocycles. The second-order valence-corrected chi connectivity index (χ2v) is 5.94. The van der Waals surface area contributed by atoms with Crippen molar-refractivity contribution in [2.24, 2.45) is 7.05 Å². The number of aromatic nitrogens is 3. The first-order valence-corrected chi connectivity index (χ1v) is 8.25. The Morgan fingerprint density at radius 3 is 2.63 bits per heavy atom. The number of carboxylic acid groups (broad SMARTS) is 1. The van der Waals surface area contributed by atoms with Gasteiger partial charge < -0.3 is 14.4 Å². The van der Waals surface area contributed by atoms with Crippen LogP contribution in [0.15, 0.2) is 67.1 Å². The first-order valence-electron chi connectivity index (χ1n) is 8.25. The molecule has 0 radical (unpaired) electrons. The van der Waals surface area contributed by atoms with Crippen LogP contribution in [0.25, 0.3) is 22.3 Å². The maximum atomic E-state index is 10.7. The minimum absolute atomic E-state index is 0.477. The zero-order valence-electron chi connectivity index (χ0n) is 14.5. The van der Waals surface area contributed by atoms with E-state index in [-0.39, 0.29) is 0 Å². The van der Waals surface area contributed by atoms with Crippen LogP contribution in [0.4, 0.5) is 10.5 Å². The van der Waals surface area contributed by atoms with Gasteiger partial charge in [-0.15, -0.1) is 0 Å². The molecule has 4 aromatic rings. The molecule has 4 rings (SSSR count). The lowest BCUT2D eigenvalue weighted by Crippen LogP contribution is -2.06. The number of rotatable bonds is 4. The Kier molecular flexibility index (Phi) is 4.18. The maximum absolute atomic E-state index is 10.7. The van der Waals surface area contributed by atoms with Crippen molar-refractivity contribution in [1.29, 1.82) is 0 Å². The van der Waals surface area contributed by atoms with Crippen LogP contribution in [0.1, 0.15) is 0 Å². The molecule has 27 heavy (non-hydrogen) atoms. The Morgan fingerprint density at radius 1 is 1.07 bits per heavy atom. The zero-order valence-corrected chi connectivity index (χ0v) is 14.5. The highest BCUT2D eigenvalue weighted by atomic mass is 16.5. The minimum Gasteiger partial charge on any atom is -0.465 e. The molecular formula is C20H16N4O3. The van der Waals surface area contributed by atoms with Gasteiger partial charge in [-0.05, 0) is 42.5 Å². The number of carbonyl (C=O) groups is 1. The van der Waals surface area contributed by atoms with E-state index in [1.807, 2.05) is 48.1 Å². The molecule has 0 unspecified atom stereocenters. The molecule has 2 aromatic carbocycles. The summed E-state index contributed by atoms with van der Waals surface area (Å²) in [5.74, 6) is 1.25. The monoisotopic (exact) mass is 360 g/mol. The van der Waals surface area contributed by atoms with Crippen LogP contribution in [-0.4, -0.2) is 25.7 Å². The van der Waals surface area contributed by atoms with Gasteiger partial charge in [0.2, 0.25) is 0 Å². The summed E-state index contributed by atoms with van der Waals surface area (Å²) in [6.07, 6.45) is 2.38. The van der Waals surface area contributed by atoms with Gasteiger partial charge >= 0.3 is 6.09 Å². The van der Waals surface area contributed by atoms with Gasteiger partial charge in [-0.1, -0.05) is 12.1 Å². The number of anilines is 1. The Balaban J connectivity index is 1.70. The van der Waals surface area contributed by atoms with Crippen molar-refractivity contribution >= 4 is 22.8 Å². The van der Waals surface area contributed by atoms with Crippen molar-refractivity contribution in [2.45, 2.75) is 0 Å². The predicted octanol–water partition coefficient (Wildman–Crippen LogP) is 4.52. The van der Waals surface area contributed by atoms with Crippen LogP contribution in [0.2, 0.25) is 0 Å². The van der Waals surface area contributed by atoms with Crippen LogP contribution >= 0.6 is 0 Å². The van der Waals surface area contributed by atoms with Gasteiger partial charge in [0.05, 0.1) is 5.69 Å². The average Bonchev–Trinajstić information content (AvgIpc) is 3.05. The third-order valence-corrected chi connectivity index (χ3v) is 4.14. The number of para-hydroxylation sites is 1. The van der Waals surface area contributed by atoms with Crippen LogP contribution in [0, 0.1) is 0 Å². The lowest BCUT2D eigenvalue weighted by molar-refractivity contribution is 0.209.